The van der Waals surface area contributed by atoms with Gasteiger partial charge in [-0.25, -0.2) is 18.7 Å². The molecule has 1 rings (SSSR count). The molecule has 0 fully saturated rings. The zero-order valence-corrected chi connectivity index (χ0v) is 10.3. The molecule has 1 N–H and O–H groups in total. The molecular formula is C9H12BrF2N3O. The van der Waals surface area contributed by atoms with Gasteiger partial charge in [0.05, 0.1) is 0 Å². The first-order valence-corrected chi connectivity index (χ1v) is 5.59. The molecule has 1 aromatic heterocycles. The third-order valence-corrected chi connectivity index (χ3v) is 2.36. The average molecular weight is 296 g/mol. The molecule has 0 bridgehead atoms. The number of aromatic nitrogens is 2. The Bertz CT molecular complexity index is 339. The molecule has 0 aromatic carbocycles. The second-order valence-corrected chi connectivity index (χ2v) is 3.76. The monoisotopic (exact) mass is 295 g/mol. The van der Waals surface area contributed by atoms with Crippen LogP contribution >= 0.6 is 15.9 Å². The molecular weight excluding hydrogens is 284 g/mol. The lowest BCUT2D eigenvalue weighted by Crippen LogP contribution is -2.10. The number of nitrogens with zero attached hydrogens (tertiary/aromatic N) is 2. The minimum absolute atomic E-state index is 0.119. The largest absolute Gasteiger partial charge is 0.471 e. The lowest BCUT2D eigenvalue weighted by molar-refractivity contribution is 0.0791. The molecule has 0 atom stereocenters. The molecule has 1 heterocycles. The fourth-order valence-corrected chi connectivity index (χ4v) is 1.42. The van der Waals surface area contributed by atoms with Gasteiger partial charge in [0.25, 0.3) is 6.43 Å². The maximum Gasteiger partial charge on any atom is 0.272 e. The molecule has 0 saturated heterocycles. The van der Waals surface area contributed by atoms with Crippen LogP contribution in [-0.2, 0) is 0 Å². The zero-order chi connectivity index (χ0) is 12.0. The number of hydrogen-bond donors (Lipinski definition) is 1. The summed E-state index contributed by atoms with van der Waals surface area (Å²) in [5.74, 6) is 0.662. The molecule has 16 heavy (non-hydrogen) atoms. The number of rotatable bonds is 6. The normalized spacial score (nSPS) is 10.6. The van der Waals surface area contributed by atoms with Crippen LogP contribution < -0.4 is 10.1 Å². The van der Waals surface area contributed by atoms with Gasteiger partial charge in [-0.2, -0.15) is 0 Å². The highest BCUT2D eigenvalue weighted by Gasteiger charge is 2.11. The van der Waals surface area contributed by atoms with Gasteiger partial charge in [0.2, 0.25) is 5.88 Å². The highest BCUT2D eigenvalue weighted by Crippen LogP contribution is 2.28. The average Bonchev–Trinajstić information content (AvgIpc) is 2.26. The van der Waals surface area contributed by atoms with E-state index in [0.29, 0.717) is 10.3 Å². The van der Waals surface area contributed by atoms with E-state index in [4.69, 9.17) is 4.74 Å². The Morgan fingerprint density at radius 3 is 2.88 bits per heavy atom. The molecule has 7 heteroatoms. The molecule has 0 aliphatic rings. The first-order valence-electron chi connectivity index (χ1n) is 4.80. The van der Waals surface area contributed by atoms with Gasteiger partial charge in [0, 0.05) is 6.54 Å². The molecule has 0 aliphatic carbocycles. The van der Waals surface area contributed by atoms with Crippen molar-refractivity contribution in [2.45, 2.75) is 19.8 Å². The SMILES string of the molecule is CCCNc1ncnc(OCC(F)F)c1Br. The van der Waals surface area contributed by atoms with Crippen molar-refractivity contribution in [3.63, 3.8) is 0 Å². The molecule has 0 amide bonds. The lowest BCUT2D eigenvalue weighted by atomic mass is 10.4. The van der Waals surface area contributed by atoms with Crippen LogP contribution in [0.4, 0.5) is 14.6 Å². The third kappa shape index (κ3) is 3.88. The predicted molar refractivity (Wildman–Crippen MR) is 60.0 cm³/mol. The second kappa shape index (κ2) is 6.57. The van der Waals surface area contributed by atoms with E-state index in [1.807, 2.05) is 6.92 Å². The minimum atomic E-state index is -2.52. The van der Waals surface area contributed by atoms with Crippen LogP contribution in [0.2, 0.25) is 0 Å². The highest BCUT2D eigenvalue weighted by atomic mass is 79.9. The van der Waals surface area contributed by atoms with Crippen LogP contribution in [0.25, 0.3) is 0 Å². The van der Waals surface area contributed by atoms with Crippen LogP contribution in [0.1, 0.15) is 13.3 Å². The fraction of sp³-hybridized carbons (Fsp3) is 0.556. The van der Waals surface area contributed by atoms with E-state index in [0.717, 1.165) is 13.0 Å². The standard InChI is InChI=1S/C9H12BrF2N3O/c1-2-3-13-8-7(10)9(15-5-14-8)16-4-6(11)12/h5-6H,2-4H2,1H3,(H,13,14,15). The van der Waals surface area contributed by atoms with Crippen molar-refractivity contribution in [1.29, 1.82) is 0 Å². The smallest absolute Gasteiger partial charge is 0.272 e. The molecule has 0 radical (unpaired) electrons. The maximum absolute atomic E-state index is 12.0. The quantitative estimate of drug-likeness (QED) is 0.877. The second-order valence-electron chi connectivity index (χ2n) is 2.97. The van der Waals surface area contributed by atoms with E-state index in [2.05, 4.69) is 31.2 Å². The molecule has 4 nitrogen and oxygen atoms in total. The molecule has 1 aromatic rings. The number of hydrogen-bond acceptors (Lipinski definition) is 4. The Morgan fingerprint density at radius 1 is 1.50 bits per heavy atom. The molecule has 90 valence electrons. The molecule has 0 saturated carbocycles. The minimum Gasteiger partial charge on any atom is -0.471 e. The Morgan fingerprint density at radius 2 is 2.25 bits per heavy atom. The highest BCUT2D eigenvalue weighted by molar-refractivity contribution is 9.10. The van der Waals surface area contributed by atoms with Crippen LogP contribution in [0, 0.1) is 0 Å². The number of alkyl halides is 2. The Kier molecular flexibility index (Phi) is 5.37. The summed E-state index contributed by atoms with van der Waals surface area (Å²) in [6.07, 6.45) is -0.318. The summed E-state index contributed by atoms with van der Waals surface area (Å²) < 4.78 is 29.2. The van der Waals surface area contributed by atoms with Gasteiger partial charge in [0.15, 0.2) is 6.61 Å². The van der Waals surface area contributed by atoms with Gasteiger partial charge in [-0.05, 0) is 22.4 Å². The Balaban J connectivity index is 2.70. The third-order valence-electron chi connectivity index (χ3n) is 1.65. The van der Waals surface area contributed by atoms with E-state index in [9.17, 15) is 8.78 Å². The van der Waals surface area contributed by atoms with Crippen molar-refractivity contribution < 1.29 is 13.5 Å². The van der Waals surface area contributed by atoms with Crippen molar-refractivity contribution in [2.75, 3.05) is 18.5 Å². The van der Waals surface area contributed by atoms with E-state index in [1.165, 1.54) is 6.33 Å². The lowest BCUT2D eigenvalue weighted by Gasteiger charge is -2.10. The van der Waals surface area contributed by atoms with Crippen LogP contribution in [-0.4, -0.2) is 29.5 Å². The van der Waals surface area contributed by atoms with E-state index in [-0.39, 0.29) is 5.88 Å². The summed E-state index contributed by atoms with van der Waals surface area (Å²) in [6.45, 7) is 2.07. The number of nitrogens with one attached hydrogen (secondary N) is 1. The van der Waals surface area contributed by atoms with Crippen LogP contribution in [0.5, 0.6) is 5.88 Å². The summed E-state index contributed by atoms with van der Waals surface area (Å²) in [5, 5.41) is 3.03. The fourth-order valence-electron chi connectivity index (χ4n) is 0.963. The van der Waals surface area contributed by atoms with Crippen LogP contribution in [0.3, 0.4) is 0 Å². The first-order chi connectivity index (χ1) is 7.65. The van der Waals surface area contributed by atoms with Gasteiger partial charge in [-0.1, -0.05) is 6.92 Å². The van der Waals surface area contributed by atoms with E-state index < -0.39 is 13.0 Å². The topological polar surface area (TPSA) is 47.0 Å². The van der Waals surface area contributed by atoms with Crippen molar-refractivity contribution in [2.24, 2.45) is 0 Å². The summed E-state index contributed by atoms with van der Waals surface area (Å²) in [6, 6.07) is 0. The molecule has 0 spiro atoms. The van der Waals surface area contributed by atoms with Gasteiger partial charge in [-0.15, -0.1) is 0 Å². The Labute approximate surface area is 101 Å². The van der Waals surface area contributed by atoms with Crippen molar-refractivity contribution in [3.8, 4) is 5.88 Å². The molecule has 0 aliphatic heterocycles. The van der Waals surface area contributed by atoms with Gasteiger partial charge >= 0.3 is 0 Å². The Hall–Kier alpha value is -0.980. The van der Waals surface area contributed by atoms with Gasteiger partial charge < -0.3 is 10.1 Å². The van der Waals surface area contributed by atoms with Crippen LogP contribution in [0.15, 0.2) is 10.8 Å². The summed E-state index contributed by atoms with van der Waals surface area (Å²) in [4.78, 5) is 7.73. The zero-order valence-electron chi connectivity index (χ0n) is 8.71. The van der Waals surface area contributed by atoms with E-state index >= 15 is 0 Å². The molecule has 0 unspecified atom stereocenters. The number of ether oxygens (including phenoxy) is 1. The van der Waals surface area contributed by atoms with Crippen molar-refractivity contribution in [3.05, 3.63) is 10.8 Å². The summed E-state index contributed by atoms with van der Waals surface area (Å²) in [7, 11) is 0. The number of anilines is 1. The van der Waals surface area contributed by atoms with Crippen molar-refractivity contribution >= 4 is 21.7 Å². The first kappa shape index (κ1) is 13.1. The van der Waals surface area contributed by atoms with Gasteiger partial charge in [-0.3, -0.25) is 0 Å². The van der Waals surface area contributed by atoms with Crippen molar-refractivity contribution in [1.82, 2.24) is 9.97 Å². The maximum atomic E-state index is 12.0. The van der Waals surface area contributed by atoms with E-state index in [1.54, 1.807) is 0 Å². The summed E-state index contributed by atoms with van der Waals surface area (Å²) >= 11 is 3.20. The predicted octanol–water partition coefficient (Wildman–Crippen LogP) is 2.70. The van der Waals surface area contributed by atoms with Gasteiger partial charge in [0.1, 0.15) is 16.6 Å². The number of halogens is 3. The summed E-state index contributed by atoms with van der Waals surface area (Å²) in [5.41, 5.74) is 0.